The van der Waals surface area contributed by atoms with Crippen molar-refractivity contribution in [1.29, 1.82) is 0 Å². The van der Waals surface area contributed by atoms with Gasteiger partial charge in [0.25, 0.3) is 0 Å². The topological polar surface area (TPSA) is 12.5 Å². The molecule has 3 rings (SSSR count). The first-order valence-electron chi connectivity index (χ1n) is 8.22. The van der Waals surface area contributed by atoms with Crippen LogP contribution in [0.15, 0.2) is 36.4 Å². The molecular formula is C19H27NO. The Bertz CT molecular complexity index is 504. The van der Waals surface area contributed by atoms with Gasteiger partial charge in [-0.05, 0) is 43.5 Å². The van der Waals surface area contributed by atoms with Gasteiger partial charge in [-0.2, -0.15) is 0 Å². The van der Waals surface area contributed by atoms with Gasteiger partial charge in [-0.1, -0.05) is 49.8 Å². The van der Waals surface area contributed by atoms with Gasteiger partial charge < -0.3 is 4.74 Å². The lowest BCUT2D eigenvalue weighted by molar-refractivity contribution is 0.0567. The van der Waals surface area contributed by atoms with Crippen molar-refractivity contribution < 1.29 is 4.74 Å². The summed E-state index contributed by atoms with van der Waals surface area (Å²) in [5.74, 6) is 0. The summed E-state index contributed by atoms with van der Waals surface area (Å²) in [4.78, 5) is 2.56. The second-order valence-electron chi connectivity index (χ2n) is 6.97. The van der Waals surface area contributed by atoms with Gasteiger partial charge in [0.2, 0.25) is 0 Å². The summed E-state index contributed by atoms with van der Waals surface area (Å²) in [6.07, 6.45) is 5.11. The zero-order valence-electron chi connectivity index (χ0n) is 13.2. The molecule has 0 radical (unpaired) electrons. The Hall–Kier alpha value is -1.12. The smallest absolute Gasteiger partial charge is 0.0720 e. The van der Waals surface area contributed by atoms with Gasteiger partial charge >= 0.3 is 0 Å². The number of hydrogen-bond acceptors (Lipinski definition) is 2. The highest BCUT2D eigenvalue weighted by atomic mass is 16.5. The Labute approximate surface area is 128 Å². The van der Waals surface area contributed by atoms with Crippen LogP contribution in [0.4, 0.5) is 0 Å². The van der Waals surface area contributed by atoms with E-state index in [-0.39, 0.29) is 5.41 Å². The number of piperidine rings is 1. The minimum Gasteiger partial charge on any atom is -0.376 e. The number of ether oxygens (including phenoxy) is 1. The van der Waals surface area contributed by atoms with Crippen LogP contribution in [0.25, 0.3) is 0 Å². The second kappa shape index (κ2) is 6.33. The molecule has 1 unspecified atom stereocenters. The fourth-order valence-corrected chi connectivity index (χ4v) is 3.89. The van der Waals surface area contributed by atoms with Crippen molar-refractivity contribution in [3.8, 4) is 0 Å². The van der Waals surface area contributed by atoms with Crippen LogP contribution >= 0.6 is 0 Å². The molecule has 0 aliphatic carbocycles. The average Bonchev–Trinajstić information content (AvgIpc) is 2.48. The van der Waals surface area contributed by atoms with E-state index >= 15 is 0 Å². The van der Waals surface area contributed by atoms with Gasteiger partial charge in [-0.15, -0.1) is 0 Å². The average molecular weight is 285 g/mol. The van der Waals surface area contributed by atoms with Crippen molar-refractivity contribution in [3.63, 3.8) is 0 Å². The molecule has 1 aromatic carbocycles. The third-order valence-corrected chi connectivity index (χ3v) is 4.88. The molecule has 0 N–H and O–H groups in total. The minimum atomic E-state index is 0.0850. The summed E-state index contributed by atoms with van der Waals surface area (Å²) in [7, 11) is 0. The molecule has 0 saturated carbocycles. The molecule has 0 amide bonds. The van der Waals surface area contributed by atoms with Crippen LogP contribution in [0.2, 0.25) is 0 Å². The highest BCUT2D eigenvalue weighted by Gasteiger charge is 2.33. The molecule has 1 aromatic rings. The lowest BCUT2D eigenvalue weighted by Crippen LogP contribution is -2.36. The van der Waals surface area contributed by atoms with E-state index in [1.165, 1.54) is 49.1 Å². The molecule has 1 fully saturated rings. The Morgan fingerprint density at radius 1 is 1.24 bits per heavy atom. The van der Waals surface area contributed by atoms with E-state index in [2.05, 4.69) is 42.7 Å². The van der Waals surface area contributed by atoms with Gasteiger partial charge in [0.05, 0.1) is 13.2 Å². The Morgan fingerprint density at radius 2 is 2.00 bits per heavy atom. The number of hydrogen-bond donors (Lipinski definition) is 0. The predicted molar refractivity (Wildman–Crippen MR) is 87.5 cm³/mol. The van der Waals surface area contributed by atoms with Crippen LogP contribution in [0.1, 0.15) is 43.7 Å². The van der Waals surface area contributed by atoms with Crippen LogP contribution < -0.4 is 0 Å². The lowest BCUT2D eigenvalue weighted by Gasteiger charge is -2.37. The van der Waals surface area contributed by atoms with E-state index in [0.29, 0.717) is 0 Å². The van der Waals surface area contributed by atoms with E-state index in [1.807, 2.05) is 0 Å². The first-order chi connectivity index (χ1) is 10.2. The van der Waals surface area contributed by atoms with E-state index in [1.54, 1.807) is 0 Å². The summed E-state index contributed by atoms with van der Waals surface area (Å²) in [5.41, 5.74) is 4.23. The maximum atomic E-state index is 5.85. The lowest BCUT2D eigenvalue weighted by atomic mass is 9.75. The van der Waals surface area contributed by atoms with Crippen LogP contribution in [0.5, 0.6) is 0 Å². The first-order valence-corrected chi connectivity index (χ1v) is 8.22. The quantitative estimate of drug-likeness (QED) is 0.778. The van der Waals surface area contributed by atoms with Crippen LogP contribution in [-0.2, 0) is 16.8 Å². The summed E-state index contributed by atoms with van der Waals surface area (Å²) >= 11 is 0. The van der Waals surface area contributed by atoms with Crippen LogP contribution in [0.3, 0.4) is 0 Å². The maximum Gasteiger partial charge on any atom is 0.0720 e. The molecule has 2 heterocycles. The van der Waals surface area contributed by atoms with E-state index in [0.717, 1.165) is 26.2 Å². The maximum absolute atomic E-state index is 5.85. The number of likely N-dealkylation sites (tertiary alicyclic amines) is 1. The molecule has 1 saturated heterocycles. The largest absolute Gasteiger partial charge is 0.376 e. The molecule has 2 aliphatic rings. The van der Waals surface area contributed by atoms with Gasteiger partial charge in [0, 0.05) is 12.0 Å². The predicted octanol–water partition coefficient (Wildman–Crippen LogP) is 3.91. The zero-order chi connectivity index (χ0) is 14.7. The summed E-state index contributed by atoms with van der Waals surface area (Å²) in [5, 5.41) is 0. The Balaban J connectivity index is 1.67. The van der Waals surface area contributed by atoms with Crippen molar-refractivity contribution >= 4 is 0 Å². The number of rotatable bonds is 4. The van der Waals surface area contributed by atoms with Gasteiger partial charge in [0.15, 0.2) is 0 Å². The first kappa shape index (κ1) is 14.8. The molecular weight excluding hydrogens is 258 g/mol. The number of benzene rings is 1. The minimum absolute atomic E-state index is 0.0850. The molecule has 2 heteroatoms. The normalized spacial score (nSPS) is 26.3. The van der Waals surface area contributed by atoms with Crippen LogP contribution in [-0.4, -0.2) is 31.1 Å². The molecule has 2 nitrogen and oxygen atoms in total. The number of nitrogens with zero attached hydrogens (tertiary/aromatic N) is 1. The Kier molecular flexibility index (Phi) is 4.46. The summed E-state index contributed by atoms with van der Waals surface area (Å²) in [6.45, 7) is 11.8. The SMILES string of the molecule is C=C(CN1CCCCC1)CC1(C)COCc2ccccc21. The van der Waals surface area contributed by atoms with Crippen molar-refractivity contribution in [3.05, 3.63) is 47.5 Å². The van der Waals surface area contributed by atoms with Crippen molar-refractivity contribution in [2.75, 3.05) is 26.2 Å². The highest BCUT2D eigenvalue weighted by Crippen LogP contribution is 2.37. The highest BCUT2D eigenvalue weighted by molar-refractivity contribution is 5.36. The van der Waals surface area contributed by atoms with E-state index in [9.17, 15) is 0 Å². The monoisotopic (exact) mass is 285 g/mol. The second-order valence-corrected chi connectivity index (χ2v) is 6.97. The molecule has 0 aromatic heterocycles. The van der Waals surface area contributed by atoms with E-state index < -0.39 is 0 Å². The fraction of sp³-hybridized carbons (Fsp3) is 0.579. The van der Waals surface area contributed by atoms with Gasteiger partial charge in [0.1, 0.15) is 0 Å². The fourth-order valence-electron chi connectivity index (χ4n) is 3.89. The van der Waals surface area contributed by atoms with Gasteiger partial charge in [-0.25, -0.2) is 0 Å². The molecule has 2 aliphatic heterocycles. The van der Waals surface area contributed by atoms with E-state index in [4.69, 9.17) is 4.74 Å². The third kappa shape index (κ3) is 3.38. The van der Waals surface area contributed by atoms with Crippen molar-refractivity contribution in [1.82, 2.24) is 4.90 Å². The summed E-state index contributed by atoms with van der Waals surface area (Å²) in [6, 6.07) is 8.72. The van der Waals surface area contributed by atoms with Crippen molar-refractivity contribution in [2.24, 2.45) is 0 Å². The van der Waals surface area contributed by atoms with Gasteiger partial charge in [-0.3, -0.25) is 4.90 Å². The third-order valence-electron chi connectivity index (χ3n) is 4.88. The molecule has 21 heavy (non-hydrogen) atoms. The standard InChI is InChI=1S/C19H27NO/c1-16(13-20-10-6-3-7-11-20)12-19(2)15-21-14-17-8-4-5-9-18(17)19/h4-5,8-9H,1,3,6-7,10-15H2,2H3. The molecule has 1 atom stereocenters. The zero-order valence-corrected chi connectivity index (χ0v) is 13.2. The molecule has 114 valence electrons. The Morgan fingerprint density at radius 3 is 2.81 bits per heavy atom. The van der Waals surface area contributed by atoms with Crippen molar-refractivity contribution in [2.45, 2.75) is 44.6 Å². The van der Waals surface area contributed by atoms with Crippen LogP contribution in [0, 0.1) is 0 Å². The molecule has 0 bridgehead atoms. The number of fused-ring (bicyclic) bond motifs is 1. The summed E-state index contributed by atoms with van der Waals surface area (Å²) < 4.78 is 5.85. The molecule has 0 spiro atoms.